The van der Waals surface area contributed by atoms with Crippen LogP contribution in [-0.4, -0.2) is 148 Å². The maximum atomic E-state index is 14.5. The monoisotopic (exact) mass is 1200 g/mol. The smallest absolute Gasteiger partial charge is 0.407 e. The highest BCUT2D eigenvalue weighted by Gasteiger charge is 2.38. The quantitative estimate of drug-likeness (QED) is 0.0325. The van der Waals surface area contributed by atoms with Crippen molar-refractivity contribution in [2.24, 2.45) is 41.2 Å². The summed E-state index contributed by atoms with van der Waals surface area (Å²) in [4.78, 5) is 153. The summed E-state index contributed by atoms with van der Waals surface area (Å²) in [6.45, 7) is 14.2. The highest BCUT2D eigenvalue weighted by molar-refractivity contribution is 7.09. The number of carboxylic acids is 1. The molecule has 0 saturated carbocycles. The largest absolute Gasteiger partial charge is 0.481 e. The first-order chi connectivity index (χ1) is 40.2. The summed E-state index contributed by atoms with van der Waals surface area (Å²) >= 11 is 1.11. The van der Waals surface area contributed by atoms with Gasteiger partial charge < -0.3 is 36.4 Å². The molecule has 85 heavy (non-hydrogen) atoms. The Morgan fingerprint density at radius 3 is 2.09 bits per heavy atom. The first-order valence-corrected chi connectivity index (χ1v) is 31.2. The number of rotatable bonds is 38. The number of likely N-dealkylation sites (N-methyl/N-ethyl adjacent to an activating group) is 1. The lowest BCUT2D eigenvalue weighted by Crippen LogP contribution is -2.48. The minimum Gasteiger partial charge on any atom is -0.481 e. The summed E-state index contributed by atoms with van der Waals surface area (Å²) in [6, 6.07) is 4.75. The average molecular weight is 1200 g/mol. The number of primary amides is 1. The predicted molar refractivity (Wildman–Crippen MR) is 323 cm³/mol. The first kappa shape index (κ1) is 70.8. The van der Waals surface area contributed by atoms with Crippen LogP contribution in [0.2, 0.25) is 0 Å². The lowest BCUT2D eigenvalue weighted by molar-refractivity contribution is -0.143. The zero-order valence-electron chi connectivity index (χ0n) is 51.7. The number of imide groups is 1. The number of unbranched alkanes of at least 4 members (excludes halogenated alkanes) is 3. The van der Waals surface area contributed by atoms with Gasteiger partial charge in [-0.05, 0) is 93.8 Å². The second-order valence-electron chi connectivity index (χ2n) is 24.0. The van der Waals surface area contributed by atoms with E-state index >= 15 is 0 Å². The molecule has 2 aliphatic rings. The number of hydrogen-bond acceptors (Lipinski definition) is 15. The van der Waals surface area contributed by atoms with E-state index in [2.05, 4.69) is 25.8 Å². The highest BCUT2D eigenvalue weighted by Crippen LogP contribution is 2.33. The van der Waals surface area contributed by atoms with Gasteiger partial charge in [0.1, 0.15) is 16.5 Å². The van der Waals surface area contributed by atoms with Crippen LogP contribution in [0.1, 0.15) is 184 Å². The van der Waals surface area contributed by atoms with Gasteiger partial charge in [-0.25, -0.2) is 9.78 Å². The lowest BCUT2D eigenvalue weighted by atomic mass is 9.83. The first-order valence-electron chi connectivity index (χ1n) is 30.4. The molecule has 9 atom stereocenters. The van der Waals surface area contributed by atoms with Crippen LogP contribution in [0.15, 0.2) is 41.8 Å². The molecule has 3 heterocycles. The molecule has 0 aliphatic carbocycles. The summed E-state index contributed by atoms with van der Waals surface area (Å²) in [5, 5.41) is 20.1. The fraction of sp³-hybridized carbons (Fsp3) is 0.651. The number of amides is 7. The molecule has 1 fully saturated rings. The van der Waals surface area contributed by atoms with Gasteiger partial charge in [-0.3, -0.25) is 57.7 Å². The van der Waals surface area contributed by atoms with Gasteiger partial charge in [0.25, 0.3) is 17.7 Å². The molecule has 4 rings (SSSR count). The number of piperidine rings is 1. The van der Waals surface area contributed by atoms with Gasteiger partial charge >= 0.3 is 12.1 Å². The van der Waals surface area contributed by atoms with Crippen LogP contribution in [-0.2, 0) is 60.7 Å². The molecule has 1 unspecified atom stereocenters. The Morgan fingerprint density at radius 2 is 1.49 bits per heavy atom. The van der Waals surface area contributed by atoms with Crippen molar-refractivity contribution in [2.45, 2.75) is 194 Å². The molecule has 0 bridgehead atoms. The van der Waals surface area contributed by atoms with Gasteiger partial charge in [-0.15, -0.1) is 11.3 Å². The van der Waals surface area contributed by atoms with Gasteiger partial charge in [0, 0.05) is 101 Å². The molecule has 1 aromatic heterocycles. The van der Waals surface area contributed by atoms with Crippen molar-refractivity contribution in [1.29, 1.82) is 0 Å². The van der Waals surface area contributed by atoms with Crippen LogP contribution in [0, 0.1) is 35.5 Å². The van der Waals surface area contributed by atoms with E-state index in [-0.39, 0.29) is 129 Å². The average Bonchev–Trinajstić information content (AvgIpc) is 4.31. The van der Waals surface area contributed by atoms with E-state index in [4.69, 9.17) is 10.5 Å². The van der Waals surface area contributed by atoms with E-state index in [1.807, 2.05) is 48.6 Å². The Kier molecular flexibility index (Phi) is 29.2. The SMILES string of the molecule is CC[C@H](C)[C@H](CC(=O)[C@H]1CCCCN1C)C(=O)N(C)[C@H](C[C@@H](OC(=O)NC)c1nc(C(=O)N[C@@H](Cc2ccc(CC(=O)[C@H](CCCCC(N)=O)NC(=O)[C@@H](CC(=O)CCCCCN3C(=O)C=CC3=O)C(C)C)cc2)CC(C)C(=O)O)cs1)C(C)C. The van der Waals surface area contributed by atoms with E-state index in [0.717, 1.165) is 47.6 Å². The number of carbonyl (C=O) groups excluding carboxylic acids is 10. The summed E-state index contributed by atoms with van der Waals surface area (Å²) in [5.74, 6) is -6.33. The topological polar surface area (TPSA) is 302 Å². The summed E-state index contributed by atoms with van der Waals surface area (Å²) in [6.07, 6.45) is 7.68. The second-order valence-corrected chi connectivity index (χ2v) is 24.9. The van der Waals surface area contributed by atoms with Crippen molar-refractivity contribution in [2.75, 3.05) is 34.2 Å². The molecular formula is C63H94N8O13S. The van der Waals surface area contributed by atoms with E-state index < -0.39 is 71.8 Å². The van der Waals surface area contributed by atoms with Crippen LogP contribution < -0.4 is 21.7 Å². The number of ether oxygens (including phenoxy) is 1. The Balaban J connectivity index is 1.46. The van der Waals surface area contributed by atoms with Crippen LogP contribution in [0.25, 0.3) is 0 Å². The molecule has 2 aromatic rings. The Labute approximate surface area is 505 Å². The van der Waals surface area contributed by atoms with Crippen LogP contribution in [0.4, 0.5) is 4.79 Å². The third kappa shape index (κ3) is 22.6. The van der Waals surface area contributed by atoms with E-state index in [1.165, 1.54) is 24.6 Å². The maximum Gasteiger partial charge on any atom is 0.407 e. The molecule has 0 radical (unpaired) electrons. The number of Topliss-reactive ketones (excluding diaryl/α,β-unsaturated/α-hetero) is 3. The number of likely N-dealkylation sites (tertiary alicyclic amines) is 1. The van der Waals surface area contributed by atoms with Gasteiger partial charge in [0.05, 0.1) is 18.0 Å². The summed E-state index contributed by atoms with van der Waals surface area (Å²) in [7, 11) is 5.10. The molecule has 7 amide bonds. The standard InChI is InChI=1S/C63H94N8O13S/c1-11-40(6)47(35-53(74)50-21-16-18-29-69(50)9)61(80)70(10)51(39(4)5)36-54(84-63(83)65-8)60-68-49(37-85-60)59(79)66-44(31-41(7)62(81)82)32-42-23-25-43(26-24-42)33-52(73)48(20-14-15-22-55(64)75)67-58(78)46(38(2)3)34-45(72)19-13-12-17-30-71-56(76)27-28-57(71)77/h23-28,37-41,44,46-48,50-51,54H,11-22,29-36H2,1-10H3,(H2,64,75)(H,65,83)(H,66,79)(H,67,78)(H,81,82)/t40-,41?,44+,46-,47-,48-,50+,51+,54+/m0/s1. The van der Waals surface area contributed by atoms with Crippen LogP contribution in [0.3, 0.4) is 0 Å². The zero-order chi connectivity index (χ0) is 63.1. The van der Waals surface area contributed by atoms with Crippen molar-refractivity contribution in [3.05, 3.63) is 63.6 Å². The third-order valence-corrected chi connectivity index (χ3v) is 17.7. The van der Waals surface area contributed by atoms with Crippen molar-refractivity contribution < 1.29 is 62.6 Å². The molecular weight excluding hydrogens is 1110 g/mol. The minimum absolute atomic E-state index is 0.0151. The van der Waals surface area contributed by atoms with Gasteiger partial charge in [-0.2, -0.15) is 0 Å². The number of aromatic nitrogens is 1. The Morgan fingerprint density at radius 1 is 0.835 bits per heavy atom. The normalized spacial score (nSPS) is 17.3. The minimum atomic E-state index is -1.05. The fourth-order valence-electron chi connectivity index (χ4n) is 11.1. The number of benzene rings is 1. The van der Waals surface area contributed by atoms with Crippen molar-refractivity contribution in [3.63, 3.8) is 0 Å². The number of aliphatic carboxylic acids is 1. The molecule has 2 aliphatic heterocycles. The molecule has 0 spiro atoms. The van der Waals surface area contributed by atoms with E-state index in [0.29, 0.717) is 49.1 Å². The predicted octanol–water partition coefficient (Wildman–Crippen LogP) is 7.33. The summed E-state index contributed by atoms with van der Waals surface area (Å²) in [5.41, 5.74) is 6.75. The van der Waals surface area contributed by atoms with Crippen molar-refractivity contribution in [3.8, 4) is 0 Å². The number of hydrogen-bond donors (Lipinski definition) is 5. The maximum absolute atomic E-state index is 14.5. The number of nitrogens with one attached hydrogen (secondary N) is 3. The molecule has 6 N–H and O–H groups in total. The number of thiazole rings is 1. The van der Waals surface area contributed by atoms with Crippen LogP contribution >= 0.6 is 11.3 Å². The number of nitrogens with two attached hydrogens (primary N) is 1. The molecule has 21 nitrogen and oxygen atoms in total. The molecule has 1 saturated heterocycles. The van der Waals surface area contributed by atoms with Gasteiger partial charge in [0.2, 0.25) is 17.7 Å². The molecule has 1 aromatic carbocycles. The Hall–Kier alpha value is -6.68. The van der Waals surface area contributed by atoms with Crippen molar-refractivity contribution >= 4 is 76.2 Å². The van der Waals surface area contributed by atoms with Crippen LogP contribution in [0.5, 0.6) is 0 Å². The number of carboxylic acid groups (broad SMARTS) is 1. The van der Waals surface area contributed by atoms with E-state index in [1.54, 1.807) is 43.1 Å². The van der Waals surface area contributed by atoms with Gasteiger partial charge in [0.15, 0.2) is 17.7 Å². The van der Waals surface area contributed by atoms with Crippen molar-refractivity contribution in [1.82, 2.24) is 35.6 Å². The third-order valence-electron chi connectivity index (χ3n) is 16.7. The fourth-order valence-corrected chi connectivity index (χ4v) is 12.0. The zero-order valence-corrected chi connectivity index (χ0v) is 52.5. The highest BCUT2D eigenvalue weighted by atomic mass is 32.1. The number of alkyl carbamates (subject to hydrolysis) is 1. The molecule has 22 heteroatoms. The molecule has 470 valence electrons. The summed E-state index contributed by atoms with van der Waals surface area (Å²) < 4.78 is 5.89. The second kappa shape index (κ2) is 35.1. The lowest BCUT2D eigenvalue weighted by Gasteiger charge is -2.37. The number of ketones is 3. The number of carbonyl (C=O) groups is 11. The van der Waals surface area contributed by atoms with E-state index in [9.17, 15) is 57.8 Å². The Bertz CT molecular complexity index is 2640. The van der Waals surface area contributed by atoms with Gasteiger partial charge in [-0.1, -0.05) is 98.4 Å². The number of nitrogens with zero attached hydrogens (tertiary/aromatic N) is 4.